The van der Waals surface area contributed by atoms with Crippen LogP contribution in [-0.4, -0.2) is 0 Å². The van der Waals surface area contributed by atoms with Crippen molar-refractivity contribution < 1.29 is 4.42 Å². The Kier molecular flexibility index (Phi) is 3.37. The van der Waals surface area contributed by atoms with E-state index in [2.05, 4.69) is 15.9 Å². The number of benzene rings is 1. The van der Waals surface area contributed by atoms with Crippen LogP contribution in [0.3, 0.4) is 0 Å². The van der Waals surface area contributed by atoms with Gasteiger partial charge < -0.3 is 4.42 Å². The van der Waals surface area contributed by atoms with Crippen molar-refractivity contribution in [2.45, 2.75) is 0 Å². The third kappa shape index (κ3) is 2.70. The molecule has 0 saturated carbocycles. The topological polar surface area (TPSA) is 30.2 Å². The predicted molar refractivity (Wildman–Crippen MR) is 68.0 cm³/mol. The lowest BCUT2D eigenvalue weighted by Crippen LogP contribution is -1.97. The van der Waals surface area contributed by atoms with Gasteiger partial charge in [0.25, 0.3) is 0 Å². The SMILES string of the molecule is O=c1occ(/C=C/c2ccccc2)cc1Br. The molecule has 3 heteroatoms. The summed E-state index contributed by atoms with van der Waals surface area (Å²) in [6, 6.07) is 11.7. The van der Waals surface area contributed by atoms with E-state index in [0.29, 0.717) is 4.47 Å². The van der Waals surface area contributed by atoms with Crippen LogP contribution in [0.5, 0.6) is 0 Å². The Morgan fingerprint density at radius 3 is 2.44 bits per heavy atom. The number of rotatable bonds is 2. The van der Waals surface area contributed by atoms with Gasteiger partial charge in [0.05, 0.1) is 0 Å². The van der Waals surface area contributed by atoms with E-state index in [-0.39, 0.29) is 5.63 Å². The Bertz CT molecular complexity index is 556. The van der Waals surface area contributed by atoms with Crippen LogP contribution in [0.2, 0.25) is 0 Å². The Balaban J connectivity index is 2.24. The van der Waals surface area contributed by atoms with Gasteiger partial charge in [0.2, 0.25) is 0 Å². The standard InChI is InChI=1S/C13H9BrO2/c14-12-8-11(9-16-13(12)15)7-6-10-4-2-1-3-5-10/h1-9H/b7-6+. The highest BCUT2D eigenvalue weighted by Gasteiger charge is 1.96. The van der Waals surface area contributed by atoms with E-state index in [9.17, 15) is 4.79 Å². The van der Waals surface area contributed by atoms with Gasteiger partial charge in [0.1, 0.15) is 10.7 Å². The van der Waals surface area contributed by atoms with Gasteiger partial charge in [-0.25, -0.2) is 4.79 Å². The fourth-order valence-electron chi connectivity index (χ4n) is 1.26. The first kappa shape index (κ1) is 10.9. The van der Waals surface area contributed by atoms with Crippen molar-refractivity contribution in [1.29, 1.82) is 0 Å². The maximum Gasteiger partial charge on any atom is 0.350 e. The largest absolute Gasteiger partial charge is 0.430 e. The highest BCUT2D eigenvalue weighted by Crippen LogP contribution is 2.10. The molecule has 0 spiro atoms. The second-order valence-corrected chi connectivity index (χ2v) is 4.11. The molecular formula is C13H9BrO2. The molecule has 2 rings (SSSR count). The van der Waals surface area contributed by atoms with Crippen molar-refractivity contribution in [3.63, 3.8) is 0 Å². The van der Waals surface area contributed by atoms with E-state index in [4.69, 9.17) is 4.42 Å². The first-order valence-electron chi connectivity index (χ1n) is 4.77. The predicted octanol–water partition coefficient (Wildman–Crippen LogP) is 3.57. The Morgan fingerprint density at radius 2 is 1.75 bits per heavy atom. The second-order valence-electron chi connectivity index (χ2n) is 3.26. The number of hydrogen-bond donors (Lipinski definition) is 0. The Labute approximate surface area is 101 Å². The van der Waals surface area contributed by atoms with Gasteiger partial charge in [-0.1, -0.05) is 42.5 Å². The molecule has 0 saturated heterocycles. The molecule has 1 aromatic carbocycles. The van der Waals surface area contributed by atoms with Crippen LogP contribution < -0.4 is 5.63 Å². The van der Waals surface area contributed by atoms with Crippen LogP contribution in [0.1, 0.15) is 11.1 Å². The Morgan fingerprint density at radius 1 is 1.06 bits per heavy atom. The molecule has 0 fully saturated rings. The molecule has 80 valence electrons. The summed E-state index contributed by atoms with van der Waals surface area (Å²) >= 11 is 3.13. The summed E-state index contributed by atoms with van der Waals surface area (Å²) in [6.45, 7) is 0. The fraction of sp³-hybridized carbons (Fsp3) is 0. The molecule has 0 aliphatic carbocycles. The third-order valence-electron chi connectivity index (χ3n) is 2.06. The summed E-state index contributed by atoms with van der Waals surface area (Å²) in [4.78, 5) is 11.0. The van der Waals surface area contributed by atoms with Crippen molar-refractivity contribution in [3.8, 4) is 0 Å². The van der Waals surface area contributed by atoms with Crippen molar-refractivity contribution in [2.24, 2.45) is 0 Å². The van der Waals surface area contributed by atoms with Crippen LogP contribution >= 0.6 is 15.9 Å². The van der Waals surface area contributed by atoms with Gasteiger partial charge in [-0.05, 0) is 27.6 Å². The van der Waals surface area contributed by atoms with Crippen LogP contribution in [0.15, 0.2) is 56.3 Å². The molecule has 2 aromatic rings. The van der Waals surface area contributed by atoms with Gasteiger partial charge in [0.15, 0.2) is 0 Å². The van der Waals surface area contributed by atoms with E-state index in [1.807, 2.05) is 42.5 Å². The fourth-order valence-corrected chi connectivity index (χ4v) is 1.62. The van der Waals surface area contributed by atoms with Crippen LogP contribution in [0, 0.1) is 0 Å². The summed E-state index contributed by atoms with van der Waals surface area (Å²) in [5.74, 6) is 0. The van der Waals surface area contributed by atoms with Gasteiger partial charge in [-0.2, -0.15) is 0 Å². The number of halogens is 1. The minimum absolute atomic E-state index is 0.364. The summed E-state index contributed by atoms with van der Waals surface area (Å²) in [5, 5.41) is 0. The summed E-state index contributed by atoms with van der Waals surface area (Å²) < 4.78 is 5.26. The van der Waals surface area contributed by atoms with E-state index >= 15 is 0 Å². The monoisotopic (exact) mass is 276 g/mol. The highest BCUT2D eigenvalue weighted by molar-refractivity contribution is 9.10. The molecule has 0 aliphatic heterocycles. The summed E-state index contributed by atoms with van der Waals surface area (Å²) in [5.41, 5.74) is 1.58. The Hall–Kier alpha value is -1.61. The molecule has 0 unspecified atom stereocenters. The smallest absolute Gasteiger partial charge is 0.350 e. The molecule has 1 heterocycles. The molecule has 0 bridgehead atoms. The minimum atomic E-state index is -0.364. The first-order valence-corrected chi connectivity index (χ1v) is 5.56. The van der Waals surface area contributed by atoms with Gasteiger partial charge in [-0.15, -0.1) is 0 Å². The van der Waals surface area contributed by atoms with Gasteiger partial charge in [0, 0.05) is 5.56 Å². The van der Waals surface area contributed by atoms with Crippen molar-refractivity contribution >= 4 is 28.1 Å². The summed E-state index contributed by atoms with van der Waals surface area (Å²) in [7, 11) is 0. The normalized spacial score (nSPS) is 10.8. The molecule has 0 radical (unpaired) electrons. The van der Waals surface area contributed by atoms with Gasteiger partial charge in [-0.3, -0.25) is 0 Å². The van der Waals surface area contributed by atoms with Crippen molar-refractivity contribution in [1.82, 2.24) is 0 Å². The zero-order valence-electron chi connectivity index (χ0n) is 8.39. The minimum Gasteiger partial charge on any atom is -0.430 e. The molecule has 16 heavy (non-hydrogen) atoms. The molecular weight excluding hydrogens is 268 g/mol. The van der Waals surface area contributed by atoms with Crippen LogP contribution in [0.4, 0.5) is 0 Å². The van der Waals surface area contributed by atoms with Crippen LogP contribution in [0.25, 0.3) is 12.2 Å². The average molecular weight is 277 g/mol. The van der Waals surface area contributed by atoms with E-state index in [1.165, 1.54) is 6.26 Å². The van der Waals surface area contributed by atoms with Crippen LogP contribution in [-0.2, 0) is 0 Å². The lowest BCUT2D eigenvalue weighted by Gasteiger charge is -1.94. The van der Waals surface area contributed by atoms with E-state index in [0.717, 1.165) is 11.1 Å². The maximum absolute atomic E-state index is 11.0. The second kappa shape index (κ2) is 4.94. The average Bonchev–Trinajstić information content (AvgIpc) is 2.32. The van der Waals surface area contributed by atoms with Gasteiger partial charge >= 0.3 is 5.63 Å². The molecule has 0 atom stereocenters. The molecule has 0 N–H and O–H groups in total. The maximum atomic E-state index is 11.0. The molecule has 0 amide bonds. The lowest BCUT2D eigenvalue weighted by molar-refractivity contribution is 0.505. The first-order chi connectivity index (χ1) is 7.75. The zero-order chi connectivity index (χ0) is 11.4. The molecule has 1 aromatic heterocycles. The van der Waals surface area contributed by atoms with Crippen molar-refractivity contribution in [2.75, 3.05) is 0 Å². The molecule has 2 nitrogen and oxygen atoms in total. The van der Waals surface area contributed by atoms with E-state index < -0.39 is 0 Å². The number of hydrogen-bond acceptors (Lipinski definition) is 2. The quantitative estimate of drug-likeness (QED) is 0.840. The van der Waals surface area contributed by atoms with Crippen molar-refractivity contribution in [3.05, 3.63) is 68.7 Å². The highest BCUT2D eigenvalue weighted by atomic mass is 79.9. The third-order valence-corrected chi connectivity index (χ3v) is 2.61. The molecule has 0 aliphatic rings. The zero-order valence-corrected chi connectivity index (χ0v) is 9.98. The lowest BCUT2D eigenvalue weighted by atomic mass is 10.2. The van der Waals surface area contributed by atoms with E-state index in [1.54, 1.807) is 6.07 Å². The summed E-state index contributed by atoms with van der Waals surface area (Å²) in [6.07, 6.45) is 5.29.